The molecular formula is C12H17N3O. The summed E-state index contributed by atoms with van der Waals surface area (Å²) in [6.45, 7) is 2.06. The van der Waals surface area contributed by atoms with Gasteiger partial charge in [0, 0.05) is 12.5 Å². The van der Waals surface area contributed by atoms with Crippen molar-refractivity contribution in [3.8, 4) is 0 Å². The fourth-order valence-electron chi connectivity index (χ4n) is 1.77. The number of rotatable bonds is 4. The molecule has 0 unspecified atom stereocenters. The summed E-state index contributed by atoms with van der Waals surface area (Å²) < 4.78 is 0. The highest BCUT2D eigenvalue weighted by atomic mass is 16.2. The second-order valence-electron chi connectivity index (χ2n) is 4.27. The van der Waals surface area contributed by atoms with Gasteiger partial charge in [-0.15, -0.1) is 0 Å². The lowest BCUT2D eigenvalue weighted by molar-refractivity contribution is -0.121. The Balaban J connectivity index is 2.01. The molecule has 1 aromatic rings. The van der Waals surface area contributed by atoms with Gasteiger partial charge in [-0.1, -0.05) is 6.92 Å². The molecule has 4 heteroatoms. The Bertz CT molecular complexity index is 382. The van der Waals surface area contributed by atoms with Gasteiger partial charge in [0.2, 0.25) is 5.91 Å². The van der Waals surface area contributed by atoms with Gasteiger partial charge in [-0.2, -0.15) is 0 Å². The molecule has 86 valence electrons. The van der Waals surface area contributed by atoms with Gasteiger partial charge in [0.25, 0.3) is 0 Å². The van der Waals surface area contributed by atoms with E-state index in [1.165, 1.54) is 0 Å². The molecule has 1 aromatic heterocycles. The lowest BCUT2D eigenvalue weighted by Gasteiger charge is -2.12. The fourth-order valence-corrected chi connectivity index (χ4v) is 1.77. The molecule has 1 amide bonds. The van der Waals surface area contributed by atoms with Gasteiger partial charge in [-0.25, -0.2) is 4.98 Å². The predicted octanol–water partition coefficient (Wildman–Crippen LogP) is 2.25. The van der Waals surface area contributed by atoms with Crippen LogP contribution in [-0.4, -0.2) is 17.9 Å². The van der Waals surface area contributed by atoms with Crippen LogP contribution in [0.4, 0.5) is 11.5 Å². The van der Waals surface area contributed by atoms with Crippen molar-refractivity contribution >= 4 is 17.4 Å². The van der Waals surface area contributed by atoms with Crippen LogP contribution in [0.1, 0.15) is 26.2 Å². The van der Waals surface area contributed by atoms with Crippen LogP contribution >= 0.6 is 0 Å². The Kier molecular flexibility index (Phi) is 2.81. The van der Waals surface area contributed by atoms with Crippen LogP contribution in [-0.2, 0) is 4.79 Å². The maximum absolute atomic E-state index is 11.9. The highest BCUT2D eigenvalue weighted by molar-refractivity contribution is 5.97. The molecule has 4 nitrogen and oxygen atoms in total. The van der Waals surface area contributed by atoms with E-state index >= 15 is 0 Å². The zero-order valence-corrected chi connectivity index (χ0v) is 9.71. The average molecular weight is 219 g/mol. The summed E-state index contributed by atoms with van der Waals surface area (Å²) in [5.74, 6) is 0.934. The number of pyridine rings is 1. The van der Waals surface area contributed by atoms with Crippen LogP contribution in [0.15, 0.2) is 18.3 Å². The van der Waals surface area contributed by atoms with Gasteiger partial charge < -0.3 is 10.6 Å². The minimum Gasteiger partial charge on any atom is -0.373 e. The van der Waals surface area contributed by atoms with Crippen LogP contribution in [0.3, 0.4) is 0 Å². The van der Waals surface area contributed by atoms with Crippen molar-refractivity contribution in [3.05, 3.63) is 18.3 Å². The number of nitrogens with zero attached hydrogens (tertiary/aromatic N) is 1. The summed E-state index contributed by atoms with van der Waals surface area (Å²) in [5.41, 5.74) is 0.672. The second-order valence-corrected chi connectivity index (χ2v) is 4.27. The summed E-state index contributed by atoms with van der Waals surface area (Å²) in [6.07, 6.45) is 4.62. The number of anilines is 2. The van der Waals surface area contributed by atoms with E-state index in [4.69, 9.17) is 0 Å². The lowest BCUT2D eigenvalue weighted by Crippen LogP contribution is -2.23. The average Bonchev–Trinajstić information content (AvgIpc) is 3.11. The van der Waals surface area contributed by atoms with Crippen LogP contribution < -0.4 is 10.6 Å². The van der Waals surface area contributed by atoms with E-state index in [0.29, 0.717) is 0 Å². The van der Waals surface area contributed by atoms with Crippen molar-refractivity contribution in [3.63, 3.8) is 0 Å². The summed E-state index contributed by atoms with van der Waals surface area (Å²) in [7, 11) is 1.82. The second kappa shape index (κ2) is 4.12. The topological polar surface area (TPSA) is 54.0 Å². The smallest absolute Gasteiger partial charge is 0.230 e. The van der Waals surface area contributed by atoms with Crippen molar-refractivity contribution in [1.82, 2.24) is 4.98 Å². The monoisotopic (exact) mass is 219 g/mol. The number of hydrogen-bond donors (Lipinski definition) is 2. The van der Waals surface area contributed by atoms with Crippen LogP contribution in [0, 0.1) is 5.41 Å². The maximum Gasteiger partial charge on any atom is 0.230 e. The van der Waals surface area contributed by atoms with Gasteiger partial charge in [-0.05, 0) is 31.4 Å². The summed E-state index contributed by atoms with van der Waals surface area (Å²) >= 11 is 0. The zero-order chi connectivity index (χ0) is 11.6. The van der Waals surface area contributed by atoms with E-state index in [-0.39, 0.29) is 11.3 Å². The van der Waals surface area contributed by atoms with E-state index in [0.717, 1.165) is 30.8 Å². The minimum absolute atomic E-state index is 0.0956. The molecule has 0 atom stereocenters. The highest BCUT2D eigenvalue weighted by Crippen LogP contribution is 2.49. The molecular weight excluding hydrogens is 202 g/mol. The van der Waals surface area contributed by atoms with Crippen molar-refractivity contribution in [1.29, 1.82) is 0 Å². The van der Waals surface area contributed by atoms with Gasteiger partial charge >= 0.3 is 0 Å². The van der Waals surface area contributed by atoms with Crippen molar-refractivity contribution < 1.29 is 4.79 Å². The molecule has 1 fully saturated rings. The van der Waals surface area contributed by atoms with E-state index in [9.17, 15) is 4.79 Å². The van der Waals surface area contributed by atoms with Crippen molar-refractivity contribution in [2.75, 3.05) is 17.7 Å². The number of amides is 1. The van der Waals surface area contributed by atoms with Crippen molar-refractivity contribution in [2.24, 2.45) is 5.41 Å². The maximum atomic E-state index is 11.9. The molecule has 1 saturated carbocycles. The molecule has 0 aliphatic heterocycles. The third-order valence-corrected chi connectivity index (χ3v) is 3.29. The largest absolute Gasteiger partial charge is 0.373 e. The van der Waals surface area contributed by atoms with Gasteiger partial charge in [-0.3, -0.25) is 4.79 Å². The standard InChI is InChI=1S/C12H17N3O/c1-3-12(6-7-12)11(16)15-9-4-5-10(13-2)14-8-9/h4-5,8H,3,6-7H2,1-2H3,(H,13,14)(H,15,16). The van der Waals surface area contributed by atoms with Crippen molar-refractivity contribution in [2.45, 2.75) is 26.2 Å². The van der Waals surface area contributed by atoms with Crippen LogP contribution in [0.25, 0.3) is 0 Å². The Morgan fingerprint density at radius 3 is 2.69 bits per heavy atom. The molecule has 1 aliphatic rings. The van der Waals surface area contributed by atoms with Gasteiger partial charge in [0.15, 0.2) is 0 Å². The Morgan fingerprint density at radius 1 is 1.50 bits per heavy atom. The molecule has 0 bridgehead atoms. The van der Waals surface area contributed by atoms with E-state index < -0.39 is 0 Å². The van der Waals surface area contributed by atoms with E-state index in [1.54, 1.807) is 6.20 Å². The molecule has 2 N–H and O–H groups in total. The molecule has 0 spiro atoms. The first-order valence-electron chi connectivity index (χ1n) is 5.65. The molecule has 1 aliphatic carbocycles. The molecule has 2 rings (SSSR count). The quantitative estimate of drug-likeness (QED) is 0.816. The number of carbonyl (C=O) groups excluding carboxylic acids is 1. The lowest BCUT2D eigenvalue weighted by atomic mass is 10.0. The first kappa shape index (κ1) is 10.9. The normalized spacial score (nSPS) is 16.6. The third-order valence-electron chi connectivity index (χ3n) is 3.29. The number of carbonyl (C=O) groups is 1. The third kappa shape index (κ3) is 2.01. The van der Waals surface area contributed by atoms with E-state index in [2.05, 4.69) is 22.5 Å². The first-order chi connectivity index (χ1) is 7.70. The number of nitrogens with one attached hydrogen (secondary N) is 2. The van der Waals surface area contributed by atoms with Gasteiger partial charge in [0.05, 0.1) is 11.9 Å². The zero-order valence-electron chi connectivity index (χ0n) is 9.71. The van der Waals surface area contributed by atoms with Crippen LogP contribution in [0.5, 0.6) is 0 Å². The Morgan fingerprint density at radius 2 is 2.25 bits per heavy atom. The SMILES string of the molecule is CCC1(C(=O)Nc2ccc(NC)nc2)CC1. The summed E-state index contributed by atoms with van der Waals surface area (Å²) in [5, 5.41) is 5.86. The molecule has 1 heterocycles. The predicted molar refractivity (Wildman–Crippen MR) is 64.4 cm³/mol. The molecule has 0 saturated heterocycles. The van der Waals surface area contributed by atoms with Gasteiger partial charge in [0.1, 0.15) is 5.82 Å². The summed E-state index contributed by atoms with van der Waals surface area (Å²) in [4.78, 5) is 16.1. The highest BCUT2D eigenvalue weighted by Gasteiger charge is 2.47. The summed E-state index contributed by atoms with van der Waals surface area (Å²) in [6, 6.07) is 3.71. The Hall–Kier alpha value is -1.58. The molecule has 16 heavy (non-hydrogen) atoms. The Labute approximate surface area is 95.5 Å². The minimum atomic E-state index is -0.0956. The number of aromatic nitrogens is 1. The number of hydrogen-bond acceptors (Lipinski definition) is 3. The first-order valence-corrected chi connectivity index (χ1v) is 5.65. The van der Waals surface area contributed by atoms with Crippen LogP contribution in [0.2, 0.25) is 0 Å². The molecule has 0 radical (unpaired) electrons. The fraction of sp³-hybridized carbons (Fsp3) is 0.500. The van der Waals surface area contributed by atoms with E-state index in [1.807, 2.05) is 19.2 Å². The molecule has 0 aromatic carbocycles.